The van der Waals surface area contributed by atoms with Crippen molar-refractivity contribution in [1.29, 1.82) is 10.5 Å². The minimum atomic E-state index is -0.0469. The Kier molecular flexibility index (Phi) is 1.91. The second kappa shape index (κ2) is 3.31. The molecule has 17 heavy (non-hydrogen) atoms. The number of hydrogen-bond acceptors (Lipinski definition) is 5. The van der Waals surface area contributed by atoms with Gasteiger partial charge in [-0.15, -0.1) is 11.3 Å². The van der Waals surface area contributed by atoms with Gasteiger partial charge in [-0.2, -0.15) is 10.5 Å². The maximum atomic E-state index is 11.8. The van der Waals surface area contributed by atoms with Crippen molar-refractivity contribution >= 4 is 33.0 Å². The quantitative estimate of drug-likeness (QED) is 0.663. The lowest BCUT2D eigenvalue weighted by Gasteiger charge is -1.94. The van der Waals surface area contributed by atoms with Crippen molar-refractivity contribution in [3.05, 3.63) is 28.3 Å². The van der Waals surface area contributed by atoms with E-state index in [2.05, 4.69) is 0 Å². The first-order valence-electron chi connectivity index (χ1n) is 4.83. The van der Waals surface area contributed by atoms with Gasteiger partial charge in [-0.25, -0.2) is 0 Å². The Morgan fingerprint density at radius 2 is 2.18 bits per heavy atom. The fourth-order valence-electron chi connectivity index (χ4n) is 2.00. The van der Waals surface area contributed by atoms with E-state index in [1.807, 2.05) is 12.1 Å². The average Bonchev–Trinajstić information content (AvgIpc) is 2.94. The summed E-state index contributed by atoms with van der Waals surface area (Å²) >= 11 is 1.35. The van der Waals surface area contributed by atoms with E-state index >= 15 is 0 Å². The van der Waals surface area contributed by atoms with Gasteiger partial charge in [-0.3, -0.25) is 4.79 Å². The number of allylic oxidation sites excluding steroid dienone is 2. The van der Waals surface area contributed by atoms with Crippen molar-refractivity contribution in [3.8, 4) is 12.1 Å². The Morgan fingerprint density at radius 3 is 2.88 bits per heavy atom. The van der Waals surface area contributed by atoms with Crippen LogP contribution in [0.2, 0.25) is 0 Å². The molecule has 0 radical (unpaired) electrons. The molecule has 2 aromatic rings. The lowest BCUT2D eigenvalue weighted by atomic mass is 10.1. The molecule has 4 nitrogen and oxygen atoms in total. The zero-order chi connectivity index (χ0) is 12.0. The van der Waals surface area contributed by atoms with Crippen LogP contribution >= 0.6 is 11.3 Å². The topological polar surface area (TPSA) is 77.8 Å². The fourth-order valence-corrected chi connectivity index (χ4v) is 3.09. The Hall–Kier alpha value is -2.37. The highest BCUT2D eigenvalue weighted by molar-refractivity contribution is 7.21. The van der Waals surface area contributed by atoms with E-state index in [1.165, 1.54) is 11.3 Å². The van der Waals surface area contributed by atoms with Crippen molar-refractivity contribution in [3.63, 3.8) is 0 Å². The van der Waals surface area contributed by atoms with Gasteiger partial charge >= 0.3 is 0 Å². The van der Waals surface area contributed by atoms with E-state index in [4.69, 9.17) is 14.9 Å². The van der Waals surface area contributed by atoms with Gasteiger partial charge in [0.2, 0.25) is 0 Å². The van der Waals surface area contributed by atoms with E-state index in [0.717, 1.165) is 4.70 Å². The second-order valence-electron chi connectivity index (χ2n) is 3.60. The van der Waals surface area contributed by atoms with Crippen molar-refractivity contribution < 1.29 is 9.21 Å². The monoisotopic (exact) mass is 240 g/mol. The van der Waals surface area contributed by atoms with Crippen molar-refractivity contribution in [2.45, 2.75) is 6.42 Å². The summed E-state index contributed by atoms with van der Waals surface area (Å²) < 4.78 is 6.19. The number of rotatable bonds is 0. The molecule has 0 aromatic carbocycles. The van der Waals surface area contributed by atoms with Crippen LogP contribution in [0.3, 0.4) is 0 Å². The number of Topliss-reactive ketones (excluding diaryl/α,β-unsaturated/α-hetero) is 1. The number of nitriles is 2. The summed E-state index contributed by atoms with van der Waals surface area (Å²) in [6.07, 6.45) is 1.66. The van der Waals surface area contributed by atoms with E-state index < -0.39 is 0 Å². The molecule has 0 bridgehead atoms. The third kappa shape index (κ3) is 1.17. The summed E-state index contributed by atoms with van der Waals surface area (Å²) in [6.45, 7) is 0. The number of carbonyl (C=O) groups is 1. The zero-order valence-electron chi connectivity index (χ0n) is 8.48. The summed E-state index contributed by atoms with van der Waals surface area (Å²) in [5, 5.41) is 17.8. The molecule has 0 aliphatic heterocycles. The molecule has 3 rings (SSSR count). The number of furan rings is 1. The molecule has 0 atom stereocenters. The molecule has 1 aliphatic rings. The maximum absolute atomic E-state index is 11.8. The molecule has 0 spiro atoms. The number of hydrogen-bond donors (Lipinski definition) is 0. The highest BCUT2D eigenvalue weighted by Crippen LogP contribution is 2.44. The number of carbonyl (C=O) groups excluding carboxylic acids is 1. The van der Waals surface area contributed by atoms with Gasteiger partial charge in [-0.1, -0.05) is 0 Å². The first kappa shape index (κ1) is 9.83. The van der Waals surface area contributed by atoms with Gasteiger partial charge in [0.15, 0.2) is 11.4 Å². The number of thiophene rings is 1. The predicted octanol–water partition coefficient (Wildman–Crippen LogP) is 2.88. The first-order chi connectivity index (χ1) is 8.26. The smallest absolute Gasteiger partial charge is 0.178 e. The number of ketones is 1. The van der Waals surface area contributed by atoms with Gasteiger partial charge in [0.05, 0.1) is 15.8 Å². The van der Waals surface area contributed by atoms with Gasteiger partial charge < -0.3 is 4.42 Å². The van der Waals surface area contributed by atoms with Gasteiger partial charge in [0.1, 0.15) is 17.7 Å². The molecule has 5 heteroatoms. The fraction of sp³-hybridized carbons (Fsp3) is 0.0833. The van der Waals surface area contributed by atoms with Crippen molar-refractivity contribution in [2.75, 3.05) is 0 Å². The normalized spacial score (nSPS) is 13.5. The lowest BCUT2D eigenvalue weighted by Crippen LogP contribution is -1.87. The molecule has 1 aliphatic carbocycles. The summed E-state index contributed by atoms with van der Waals surface area (Å²) in [5.41, 5.74) is 1.73. The summed E-state index contributed by atoms with van der Waals surface area (Å²) in [7, 11) is 0. The SMILES string of the molecule is N#CC(C#N)=C1CC(=O)c2sc3ccoc3c21. The van der Waals surface area contributed by atoms with Crippen molar-refractivity contribution in [2.24, 2.45) is 0 Å². The molecular formula is C12H4N2O2S. The van der Waals surface area contributed by atoms with Gasteiger partial charge in [-0.05, 0) is 6.07 Å². The van der Waals surface area contributed by atoms with Crippen LogP contribution in [-0.2, 0) is 0 Å². The molecule has 0 N–H and O–H groups in total. The predicted molar refractivity (Wildman–Crippen MR) is 61.2 cm³/mol. The van der Waals surface area contributed by atoms with Crippen LogP contribution in [0.25, 0.3) is 15.9 Å². The summed E-state index contributed by atoms with van der Waals surface area (Å²) in [5.74, 6) is -0.0469. The highest BCUT2D eigenvalue weighted by Gasteiger charge is 2.32. The van der Waals surface area contributed by atoms with E-state index in [9.17, 15) is 4.79 Å². The lowest BCUT2D eigenvalue weighted by molar-refractivity contribution is 0.101. The Balaban J connectivity index is 2.43. The summed E-state index contributed by atoms with van der Waals surface area (Å²) in [4.78, 5) is 12.4. The van der Waals surface area contributed by atoms with Crippen LogP contribution in [0, 0.1) is 22.7 Å². The van der Waals surface area contributed by atoms with E-state index in [-0.39, 0.29) is 17.8 Å². The van der Waals surface area contributed by atoms with E-state index in [0.29, 0.717) is 21.6 Å². The van der Waals surface area contributed by atoms with Crippen LogP contribution in [0.4, 0.5) is 0 Å². The largest absolute Gasteiger partial charge is 0.463 e. The zero-order valence-corrected chi connectivity index (χ0v) is 9.30. The molecule has 0 saturated carbocycles. The molecular weight excluding hydrogens is 236 g/mol. The third-order valence-electron chi connectivity index (χ3n) is 2.71. The molecule has 80 valence electrons. The van der Waals surface area contributed by atoms with Crippen LogP contribution in [0.5, 0.6) is 0 Å². The van der Waals surface area contributed by atoms with Crippen LogP contribution in [-0.4, -0.2) is 5.78 Å². The molecule has 2 heterocycles. The second-order valence-corrected chi connectivity index (χ2v) is 4.65. The van der Waals surface area contributed by atoms with Gasteiger partial charge in [0.25, 0.3) is 0 Å². The number of nitrogens with zero attached hydrogens (tertiary/aromatic N) is 2. The average molecular weight is 240 g/mol. The molecule has 0 fully saturated rings. The minimum absolute atomic E-state index is 0.00630. The minimum Gasteiger partial charge on any atom is -0.463 e. The van der Waals surface area contributed by atoms with Crippen LogP contribution < -0.4 is 0 Å². The Labute approximate surface area is 100.0 Å². The van der Waals surface area contributed by atoms with E-state index in [1.54, 1.807) is 12.3 Å². The number of fused-ring (bicyclic) bond motifs is 3. The van der Waals surface area contributed by atoms with Crippen molar-refractivity contribution in [1.82, 2.24) is 0 Å². The molecule has 0 amide bonds. The molecule has 0 unspecified atom stereocenters. The Morgan fingerprint density at radius 1 is 1.41 bits per heavy atom. The molecule has 0 saturated heterocycles. The molecule has 2 aromatic heterocycles. The Bertz CT molecular complexity index is 749. The third-order valence-corrected chi connectivity index (χ3v) is 3.89. The van der Waals surface area contributed by atoms with Crippen LogP contribution in [0.15, 0.2) is 22.3 Å². The highest BCUT2D eigenvalue weighted by atomic mass is 32.1. The first-order valence-corrected chi connectivity index (χ1v) is 5.65. The van der Waals surface area contributed by atoms with Gasteiger partial charge in [0, 0.05) is 17.6 Å². The maximum Gasteiger partial charge on any atom is 0.178 e. The summed E-state index contributed by atoms with van der Waals surface area (Å²) in [6, 6.07) is 5.44. The van der Waals surface area contributed by atoms with Crippen LogP contribution in [0.1, 0.15) is 21.7 Å². The standard InChI is InChI=1S/C12H4N2O2S/c13-4-6(5-14)7-3-8(15)12-10(7)11-9(17-12)1-2-16-11/h1-2H,3H2.